The first-order valence-electron chi connectivity index (χ1n) is 6.78. The van der Waals surface area contributed by atoms with E-state index in [1.807, 2.05) is 6.92 Å². The molecule has 0 saturated heterocycles. The first-order chi connectivity index (χ1) is 9.06. The Hall–Kier alpha value is -1.55. The Morgan fingerprint density at radius 1 is 1.26 bits per heavy atom. The van der Waals surface area contributed by atoms with E-state index in [1.54, 1.807) is 12.1 Å². The van der Waals surface area contributed by atoms with Gasteiger partial charge in [0.15, 0.2) is 0 Å². The Labute approximate surface area is 113 Å². The molecule has 0 amide bonds. The van der Waals surface area contributed by atoms with E-state index in [0.717, 1.165) is 32.1 Å². The lowest BCUT2D eigenvalue weighted by molar-refractivity contribution is 0.0693. The minimum absolute atomic E-state index is 0.0523. The van der Waals surface area contributed by atoms with E-state index in [0.29, 0.717) is 12.0 Å². The second kappa shape index (κ2) is 7.79. The summed E-state index contributed by atoms with van der Waals surface area (Å²) in [5, 5.41) is 28.3. The Bertz CT molecular complexity index is 415. The second-order valence-electron chi connectivity index (χ2n) is 4.81. The number of aromatic hydroxyl groups is 1. The molecule has 0 spiro atoms. The molecule has 0 aliphatic rings. The monoisotopic (exact) mass is 266 g/mol. The van der Waals surface area contributed by atoms with Gasteiger partial charge in [-0.3, -0.25) is 0 Å². The van der Waals surface area contributed by atoms with Gasteiger partial charge in [0.25, 0.3) is 0 Å². The van der Waals surface area contributed by atoms with Crippen molar-refractivity contribution in [2.75, 3.05) is 0 Å². The van der Waals surface area contributed by atoms with Crippen molar-refractivity contribution >= 4 is 5.97 Å². The van der Waals surface area contributed by atoms with Crippen molar-refractivity contribution in [2.24, 2.45) is 0 Å². The summed E-state index contributed by atoms with van der Waals surface area (Å²) < 4.78 is 0. The highest BCUT2D eigenvalue weighted by molar-refractivity contribution is 5.91. The summed E-state index contributed by atoms with van der Waals surface area (Å²) in [6, 6.07) is 4.78. The fourth-order valence-corrected chi connectivity index (χ4v) is 2.14. The van der Waals surface area contributed by atoms with Crippen LogP contribution in [-0.4, -0.2) is 27.4 Å². The van der Waals surface area contributed by atoms with E-state index in [1.165, 1.54) is 6.07 Å². The number of carboxylic acids is 1. The molecular weight excluding hydrogens is 244 g/mol. The van der Waals surface area contributed by atoms with Gasteiger partial charge in [-0.1, -0.05) is 31.9 Å². The smallest absolute Gasteiger partial charge is 0.339 e. The zero-order valence-corrected chi connectivity index (χ0v) is 11.3. The molecular formula is C15H22O4. The van der Waals surface area contributed by atoms with E-state index in [-0.39, 0.29) is 17.4 Å². The molecule has 0 fully saturated rings. The highest BCUT2D eigenvalue weighted by atomic mass is 16.4. The zero-order chi connectivity index (χ0) is 14.3. The number of aliphatic hydroxyl groups is 1. The van der Waals surface area contributed by atoms with Crippen LogP contribution in [0.25, 0.3) is 0 Å². The molecule has 0 heterocycles. The minimum atomic E-state index is -1.11. The summed E-state index contributed by atoms with van der Waals surface area (Å²) in [6.45, 7) is 2.04. The van der Waals surface area contributed by atoms with Gasteiger partial charge in [-0.25, -0.2) is 4.79 Å². The number of aliphatic hydroxyl groups excluding tert-OH is 1. The maximum Gasteiger partial charge on any atom is 0.339 e. The van der Waals surface area contributed by atoms with Crippen molar-refractivity contribution in [3.63, 3.8) is 0 Å². The minimum Gasteiger partial charge on any atom is -0.507 e. The van der Waals surface area contributed by atoms with Gasteiger partial charge in [0.1, 0.15) is 11.3 Å². The SMILES string of the molecule is CCCC(O)CCCCc1cccc(C(=O)O)c1O. The van der Waals surface area contributed by atoms with Crippen LogP contribution in [0.3, 0.4) is 0 Å². The van der Waals surface area contributed by atoms with Gasteiger partial charge in [-0.15, -0.1) is 0 Å². The number of carbonyl (C=O) groups is 1. The number of carboxylic acid groups (broad SMARTS) is 1. The molecule has 1 unspecified atom stereocenters. The van der Waals surface area contributed by atoms with E-state index in [2.05, 4.69) is 0 Å². The molecule has 1 rings (SSSR count). The molecule has 0 bridgehead atoms. The summed E-state index contributed by atoms with van der Waals surface area (Å²) in [5.74, 6) is -1.25. The van der Waals surface area contributed by atoms with Crippen LogP contribution in [0.4, 0.5) is 0 Å². The third kappa shape index (κ3) is 4.91. The molecule has 106 valence electrons. The molecule has 0 aromatic heterocycles. The van der Waals surface area contributed by atoms with Crippen molar-refractivity contribution in [2.45, 2.75) is 51.6 Å². The molecule has 0 aliphatic heterocycles. The highest BCUT2D eigenvalue weighted by Crippen LogP contribution is 2.24. The normalized spacial score (nSPS) is 12.3. The zero-order valence-electron chi connectivity index (χ0n) is 11.3. The lowest BCUT2D eigenvalue weighted by Crippen LogP contribution is -2.05. The number of phenols is 1. The predicted octanol–water partition coefficient (Wildman–Crippen LogP) is 2.96. The van der Waals surface area contributed by atoms with Crippen LogP contribution in [0, 0.1) is 0 Å². The largest absolute Gasteiger partial charge is 0.507 e. The Morgan fingerprint density at radius 3 is 2.63 bits per heavy atom. The quantitative estimate of drug-likeness (QED) is 0.632. The summed E-state index contributed by atoms with van der Waals surface area (Å²) in [4.78, 5) is 10.9. The van der Waals surface area contributed by atoms with Crippen LogP contribution >= 0.6 is 0 Å². The molecule has 0 saturated carbocycles. The summed E-state index contributed by atoms with van der Waals surface area (Å²) in [7, 11) is 0. The highest BCUT2D eigenvalue weighted by Gasteiger charge is 2.12. The third-order valence-electron chi connectivity index (χ3n) is 3.21. The maximum atomic E-state index is 10.9. The number of para-hydroxylation sites is 1. The Morgan fingerprint density at radius 2 is 2.00 bits per heavy atom. The van der Waals surface area contributed by atoms with E-state index >= 15 is 0 Å². The standard InChI is InChI=1S/C15H22O4/c1-2-6-12(16)9-4-3-7-11-8-5-10-13(14(11)17)15(18)19/h5,8,10,12,16-17H,2-4,6-7,9H2,1H3,(H,18,19). The number of rotatable bonds is 8. The molecule has 4 heteroatoms. The summed E-state index contributed by atoms with van der Waals surface area (Å²) in [5.41, 5.74) is 0.605. The first kappa shape index (κ1) is 15.5. The number of hydrogen-bond donors (Lipinski definition) is 3. The van der Waals surface area contributed by atoms with Crippen molar-refractivity contribution < 1.29 is 20.1 Å². The molecule has 0 radical (unpaired) electrons. The van der Waals surface area contributed by atoms with Crippen molar-refractivity contribution in [1.82, 2.24) is 0 Å². The van der Waals surface area contributed by atoms with E-state index in [9.17, 15) is 15.0 Å². The van der Waals surface area contributed by atoms with Gasteiger partial charge < -0.3 is 15.3 Å². The maximum absolute atomic E-state index is 10.9. The van der Waals surface area contributed by atoms with E-state index in [4.69, 9.17) is 5.11 Å². The average Bonchev–Trinajstić information content (AvgIpc) is 2.36. The van der Waals surface area contributed by atoms with Crippen molar-refractivity contribution in [1.29, 1.82) is 0 Å². The fourth-order valence-electron chi connectivity index (χ4n) is 2.14. The molecule has 0 aliphatic carbocycles. The summed E-state index contributed by atoms with van der Waals surface area (Å²) in [6.07, 6.45) is 4.64. The number of hydrogen-bond acceptors (Lipinski definition) is 3. The van der Waals surface area contributed by atoms with Crippen LogP contribution < -0.4 is 0 Å². The van der Waals surface area contributed by atoms with Crippen LogP contribution in [0.5, 0.6) is 5.75 Å². The van der Waals surface area contributed by atoms with Crippen LogP contribution in [0.2, 0.25) is 0 Å². The van der Waals surface area contributed by atoms with Gasteiger partial charge in [-0.2, -0.15) is 0 Å². The van der Waals surface area contributed by atoms with Gasteiger partial charge in [-0.05, 0) is 37.3 Å². The number of benzene rings is 1. The molecule has 3 N–H and O–H groups in total. The fraction of sp³-hybridized carbons (Fsp3) is 0.533. The molecule has 19 heavy (non-hydrogen) atoms. The van der Waals surface area contributed by atoms with Gasteiger partial charge >= 0.3 is 5.97 Å². The van der Waals surface area contributed by atoms with Crippen LogP contribution in [-0.2, 0) is 6.42 Å². The lowest BCUT2D eigenvalue weighted by Gasteiger charge is -2.10. The average molecular weight is 266 g/mol. The number of aryl methyl sites for hydroxylation is 1. The van der Waals surface area contributed by atoms with Crippen LogP contribution in [0.15, 0.2) is 18.2 Å². The summed E-state index contributed by atoms with van der Waals surface area (Å²) >= 11 is 0. The Balaban J connectivity index is 2.46. The van der Waals surface area contributed by atoms with Crippen molar-refractivity contribution in [3.8, 4) is 5.75 Å². The second-order valence-corrected chi connectivity index (χ2v) is 4.81. The van der Waals surface area contributed by atoms with Crippen molar-refractivity contribution in [3.05, 3.63) is 29.3 Å². The molecule has 4 nitrogen and oxygen atoms in total. The molecule has 1 aromatic carbocycles. The molecule has 1 aromatic rings. The van der Waals surface area contributed by atoms with E-state index < -0.39 is 5.97 Å². The predicted molar refractivity (Wildman–Crippen MR) is 73.5 cm³/mol. The Kier molecular flexibility index (Phi) is 6.36. The first-order valence-corrected chi connectivity index (χ1v) is 6.78. The number of aromatic carboxylic acids is 1. The third-order valence-corrected chi connectivity index (χ3v) is 3.21. The lowest BCUT2D eigenvalue weighted by atomic mass is 10.0. The van der Waals surface area contributed by atoms with Gasteiger partial charge in [0, 0.05) is 0 Å². The van der Waals surface area contributed by atoms with Crippen LogP contribution in [0.1, 0.15) is 54.9 Å². The molecule has 1 atom stereocenters. The number of unbranched alkanes of at least 4 members (excludes halogenated alkanes) is 1. The van der Waals surface area contributed by atoms with Gasteiger partial charge in [0.2, 0.25) is 0 Å². The topological polar surface area (TPSA) is 77.8 Å². The van der Waals surface area contributed by atoms with Gasteiger partial charge in [0.05, 0.1) is 6.10 Å².